The van der Waals surface area contributed by atoms with Crippen molar-refractivity contribution in [3.05, 3.63) is 53.8 Å². The predicted octanol–water partition coefficient (Wildman–Crippen LogP) is 3.66. The van der Waals surface area contributed by atoms with E-state index in [9.17, 15) is 0 Å². The molecule has 1 aliphatic rings. The summed E-state index contributed by atoms with van der Waals surface area (Å²) < 4.78 is 11.9. The first-order valence-corrected chi connectivity index (χ1v) is 8.21. The normalized spacial score (nSPS) is 21.3. The summed E-state index contributed by atoms with van der Waals surface area (Å²) in [6, 6.07) is 11.3. The fraction of sp³-hybridized carbons (Fsp3) is 0.389. The Morgan fingerprint density at radius 3 is 2.78 bits per heavy atom. The molecule has 0 aliphatic carbocycles. The highest BCUT2D eigenvalue weighted by Gasteiger charge is 2.35. The van der Waals surface area contributed by atoms with E-state index in [0.717, 1.165) is 42.6 Å². The van der Waals surface area contributed by atoms with E-state index in [2.05, 4.69) is 16.8 Å². The average Bonchev–Trinajstić information content (AvgIpc) is 2.92. The lowest BCUT2D eigenvalue weighted by Crippen LogP contribution is -2.37. The largest absolute Gasteiger partial charge is 0.491 e. The molecule has 1 unspecified atom stereocenters. The van der Waals surface area contributed by atoms with Crippen LogP contribution in [0.3, 0.4) is 0 Å². The van der Waals surface area contributed by atoms with Crippen LogP contribution >= 0.6 is 11.6 Å². The minimum atomic E-state index is -0.165. The number of likely N-dealkylation sites (tertiary alicyclic amines) is 1. The number of hydrogen-bond acceptors (Lipinski definition) is 4. The Morgan fingerprint density at radius 2 is 2.04 bits per heavy atom. The highest BCUT2D eigenvalue weighted by atomic mass is 35.5. The second-order valence-electron chi connectivity index (χ2n) is 6.07. The van der Waals surface area contributed by atoms with Crippen LogP contribution in [0.1, 0.15) is 13.3 Å². The van der Waals surface area contributed by atoms with Crippen LogP contribution in [0.4, 0.5) is 0 Å². The minimum Gasteiger partial charge on any atom is -0.491 e. The first-order valence-electron chi connectivity index (χ1n) is 7.83. The molecule has 0 amide bonds. The number of benzene rings is 1. The van der Waals surface area contributed by atoms with E-state index in [4.69, 9.17) is 21.1 Å². The monoisotopic (exact) mass is 332 g/mol. The zero-order chi connectivity index (χ0) is 16.1. The topological polar surface area (TPSA) is 34.6 Å². The van der Waals surface area contributed by atoms with Gasteiger partial charge >= 0.3 is 0 Å². The van der Waals surface area contributed by atoms with Gasteiger partial charge in [-0.2, -0.15) is 0 Å². The predicted molar refractivity (Wildman–Crippen MR) is 91.3 cm³/mol. The van der Waals surface area contributed by atoms with Crippen molar-refractivity contribution in [3.8, 4) is 11.5 Å². The first-order chi connectivity index (χ1) is 11.1. The van der Waals surface area contributed by atoms with Gasteiger partial charge in [0.1, 0.15) is 23.7 Å². The molecule has 3 rings (SSSR count). The van der Waals surface area contributed by atoms with E-state index in [-0.39, 0.29) is 5.60 Å². The number of ether oxygens (including phenoxy) is 2. The standard InChI is InChI=1S/C18H21ClN2O2/c1-18(23-16-6-4-15(19)5-7-16)8-10-21(14-18)11-12-22-17-3-2-9-20-13-17/h2-7,9,13H,8,10-12,14H2,1H3. The summed E-state index contributed by atoms with van der Waals surface area (Å²) in [6.07, 6.45) is 4.48. The molecule has 0 bridgehead atoms. The molecule has 2 aromatic rings. The number of aromatic nitrogens is 1. The molecule has 1 aromatic carbocycles. The van der Waals surface area contributed by atoms with Gasteiger partial charge in [0.05, 0.1) is 6.20 Å². The molecule has 23 heavy (non-hydrogen) atoms. The van der Waals surface area contributed by atoms with Gasteiger partial charge in [-0.15, -0.1) is 0 Å². The Balaban J connectivity index is 1.46. The van der Waals surface area contributed by atoms with E-state index >= 15 is 0 Å². The summed E-state index contributed by atoms with van der Waals surface area (Å²) in [4.78, 5) is 6.41. The highest BCUT2D eigenvalue weighted by molar-refractivity contribution is 6.30. The lowest BCUT2D eigenvalue weighted by molar-refractivity contribution is 0.0935. The van der Waals surface area contributed by atoms with Crippen LogP contribution in [0.5, 0.6) is 11.5 Å². The molecule has 0 N–H and O–H groups in total. The Bertz CT molecular complexity index is 621. The first kappa shape index (κ1) is 16.1. The summed E-state index contributed by atoms with van der Waals surface area (Å²) in [5.41, 5.74) is -0.165. The van der Waals surface area contributed by atoms with Gasteiger partial charge in [-0.25, -0.2) is 0 Å². The molecule has 1 aromatic heterocycles. The van der Waals surface area contributed by atoms with E-state index in [1.165, 1.54) is 0 Å². The Morgan fingerprint density at radius 1 is 1.22 bits per heavy atom. The second kappa shape index (κ2) is 7.20. The Kier molecular flexibility index (Phi) is 5.03. The second-order valence-corrected chi connectivity index (χ2v) is 6.51. The molecule has 1 aliphatic heterocycles. The maximum Gasteiger partial charge on any atom is 0.137 e. The van der Waals surface area contributed by atoms with Gasteiger partial charge in [0.25, 0.3) is 0 Å². The summed E-state index contributed by atoms with van der Waals surface area (Å²) in [5.74, 6) is 1.68. The van der Waals surface area contributed by atoms with Crippen molar-refractivity contribution in [2.24, 2.45) is 0 Å². The molecular weight excluding hydrogens is 312 g/mol. The van der Waals surface area contributed by atoms with Gasteiger partial charge in [-0.1, -0.05) is 11.6 Å². The average molecular weight is 333 g/mol. The maximum absolute atomic E-state index is 6.16. The zero-order valence-electron chi connectivity index (χ0n) is 13.2. The van der Waals surface area contributed by atoms with E-state index < -0.39 is 0 Å². The molecule has 1 fully saturated rings. The molecule has 0 radical (unpaired) electrons. The lowest BCUT2D eigenvalue weighted by Gasteiger charge is -2.26. The number of halogens is 1. The highest BCUT2D eigenvalue weighted by Crippen LogP contribution is 2.28. The van der Waals surface area contributed by atoms with Gasteiger partial charge in [0.2, 0.25) is 0 Å². The molecule has 122 valence electrons. The quantitative estimate of drug-likeness (QED) is 0.808. The van der Waals surface area contributed by atoms with E-state index in [1.54, 1.807) is 12.4 Å². The van der Waals surface area contributed by atoms with Crippen LogP contribution in [-0.2, 0) is 0 Å². The van der Waals surface area contributed by atoms with E-state index in [1.807, 2.05) is 36.4 Å². The zero-order valence-corrected chi connectivity index (χ0v) is 14.0. The summed E-state index contributed by atoms with van der Waals surface area (Å²) in [7, 11) is 0. The van der Waals surface area contributed by atoms with Crippen LogP contribution in [0, 0.1) is 0 Å². The summed E-state index contributed by atoms with van der Waals surface area (Å²) in [5, 5.41) is 0.725. The van der Waals surface area contributed by atoms with Crippen LogP contribution in [0.2, 0.25) is 5.02 Å². The van der Waals surface area contributed by atoms with E-state index in [0.29, 0.717) is 6.61 Å². The van der Waals surface area contributed by atoms with Gasteiger partial charge in [0.15, 0.2) is 0 Å². The molecule has 0 saturated carbocycles. The third-order valence-electron chi connectivity index (χ3n) is 4.00. The maximum atomic E-state index is 6.16. The fourth-order valence-electron chi connectivity index (χ4n) is 2.81. The fourth-order valence-corrected chi connectivity index (χ4v) is 2.94. The van der Waals surface area contributed by atoms with Crippen molar-refractivity contribution < 1.29 is 9.47 Å². The van der Waals surface area contributed by atoms with Gasteiger partial charge in [-0.3, -0.25) is 9.88 Å². The third kappa shape index (κ3) is 4.60. The smallest absolute Gasteiger partial charge is 0.137 e. The van der Waals surface area contributed by atoms with Crippen LogP contribution in [0.15, 0.2) is 48.8 Å². The molecule has 1 saturated heterocycles. The van der Waals surface area contributed by atoms with Crippen LogP contribution < -0.4 is 9.47 Å². The number of pyridine rings is 1. The van der Waals surface area contributed by atoms with Crippen molar-refractivity contribution in [2.75, 3.05) is 26.2 Å². The van der Waals surface area contributed by atoms with Crippen molar-refractivity contribution in [2.45, 2.75) is 18.9 Å². The van der Waals surface area contributed by atoms with Gasteiger partial charge in [-0.05, 0) is 43.3 Å². The molecule has 5 heteroatoms. The van der Waals surface area contributed by atoms with Crippen LogP contribution in [0.25, 0.3) is 0 Å². The van der Waals surface area contributed by atoms with Crippen molar-refractivity contribution in [1.82, 2.24) is 9.88 Å². The van der Waals surface area contributed by atoms with Crippen molar-refractivity contribution >= 4 is 11.6 Å². The molecule has 2 heterocycles. The number of hydrogen-bond donors (Lipinski definition) is 0. The minimum absolute atomic E-state index is 0.165. The Hall–Kier alpha value is -1.78. The van der Waals surface area contributed by atoms with Crippen molar-refractivity contribution in [1.29, 1.82) is 0 Å². The van der Waals surface area contributed by atoms with Crippen molar-refractivity contribution in [3.63, 3.8) is 0 Å². The summed E-state index contributed by atoms with van der Waals surface area (Å²) >= 11 is 5.91. The molecular formula is C18H21ClN2O2. The molecule has 4 nitrogen and oxygen atoms in total. The van der Waals surface area contributed by atoms with Gasteiger partial charge < -0.3 is 9.47 Å². The number of nitrogens with zero attached hydrogens (tertiary/aromatic N) is 2. The third-order valence-corrected chi connectivity index (χ3v) is 4.26. The van der Waals surface area contributed by atoms with Gasteiger partial charge in [0, 0.05) is 37.3 Å². The molecule has 1 atom stereocenters. The SMILES string of the molecule is CC1(Oc2ccc(Cl)cc2)CCN(CCOc2cccnc2)C1. The molecule has 0 spiro atoms. The summed E-state index contributed by atoms with van der Waals surface area (Å²) in [6.45, 7) is 5.60. The Labute approximate surface area is 142 Å². The number of rotatable bonds is 6. The van der Waals surface area contributed by atoms with Crippen LogP contribution in [-0.4, -0.2) is 41.7 Å². The lowest BCUT2D eigenvalue weighted by atomic mass is 10.1.